The van der Waals surface area contributed by atoms with Crippen molar-refractivity contribution in [3.8, 4) is 0 Å². The van der Waals surface area contributed by atoms with Crippen LogP contribution in [0.2, 0.25) is 0 Å². The molecule has 4 heavy (non-hydrogen) atoms. The molecule has 0 aromatic rings. The average Bonchev–Trinajstić information content (AvgIpc) is 0. The fourth-order valence-electron chi connectivity index (χ4n) is 0. The molecule has 4 heteroatoms. The van der Waals surface area contributed by atoms with E-state index < -0.39 is 0 Å². The van der Waals surface area contributed by atoms with Crippen LogP contribution in [0.3, 0.4) is 0 Å². The Morgan fingerprint density at radius 3 is 0.750 bits per heavy atom. The Morgan fingerprint density at radius 2 is 0.750 bits per heavy atom. The first-order valence-corrected chi connectivity index (χ1v) is 0. The molecule has 0 aliphatic rings. The van der Waals surface area contributed by atoms with Gasteiger partial charge in [-0.3, -0.25) is 4.70 Å². The Morgan fingerprint density at radius 1 is 0.750 bits per heavy atom. The van der Waals surface area contributed by atoms with Gasteiger partial charge in [0.1, 0.15) is 0 Å². The van der Waals surface area contributed by atoms with Crippen LogP contribution >= 0.6 is 0 Å². The maximum atomic E-state index is 0. The summed E-state index contributed by atoms with van der Waals surface area (Å²) in [5.41, 5.74) is 0. The molecule has 0 bridgehead atoms. The van der Waals surface area contributed by atoms with Gasteiger partial charge in [-0.2, -0.15) is 0 Å². The summed E-state index contributed by atoms with van der Waals surface area (Å²) in [6.45, 7) is 0. The van der Waals surface area contributed by atoms with Gasteiger partial charge in [-0.15, -0.1) is 0 Å². The van der Waals surface area contributed by atoms with Gasteiger partial charge in [0.2, 0.25) is 0 Å². The Labute approximate surface area is 42.3 Å². The molecule has 0 saturated heterocycles. The molecule has 0 heterocycles. The molecular weight excluding hydrogens is 142 g/mol. The van der Waals surface area contributed by atoms with Gasteiger partial charge in [0.05, 0.1) is 0 Å². The standard InChI is InChI=1S/FH.2O.Zr/h1H;;;/q;2*-2;+4. The molecule has 0 aromatic carbocycles. The normalized spacial score (nSPS) is 0. The average molecular weight is 143 g/mol. The van der Waals surface area contributed by atoms with Crippen molar-refractivity contribution in [3.05, 3.63) is 0 Å². The zero-order chi connectivity index (χ0) is 0. The number of halogens is 1. The molecule has 0 amide bonds. The summed E-state index contributed by atoms with van der Waals surface area (Å²) in [4.78, 5) is 0. The van der Waals surface area contributed by atoms with E-state index in [1.165, 1.54) is 0 Å². The van der Waals surface area contributed by atoms with E-state index in [1.807, 2.05) is 0 Å². The van der Waals surface area contributed by atoms with Crippen molar-refractivity contribution in [2.75, 3.05) is 0 Å². The first-order valence-electron chi connectivity index (χ1n) is 0. The molecule has 0 atom stereocenters. The van der Waals surface area contributed by atoms with Gasteiger partial charge >= 0.3 is 26.2 Å². The molecule has 0 rings (SSSR count). The van der Waals surface area contributed by atoms with Crippen LogP contribution in [-0.4, -0.2) is 0 Å². The molecule has 0 aliphatic carbocycles. The topological polar surface area (TPSA) is 57.0 Å². The number of rotatable bonds is 0. The fourth-order valence-corrected chi connectivity index (χ4v) is 0. The summed E-state index contributed by atoms with van der Waals surface area (Å²) < 4.78 is 0. The maximum Gasteiger partial charge on any atom is 4.00 e. The summed E-state index contributed by atoms with van der Waals surface area (Å²) in [7, 11) is 0. The van der Waals surface area contributed by atoms with Crippen molar-refractivity contribution in [1.82, 2.24) is 0 Å². The summed E-state index contributed by atoms with van der Waals surface area (Å²) in [5.74, 6) is 0. The number of hydrogen-bond acceptors (Lipinski definition) is 0. The van der Waals surface area contributed by atoms with Crippen LogP contribution < -0.4 is 0 Å². The third-order valence-electron chi connectivity index (χ3n) is 0. The van der Waals surface area contributed by atoms with Crippen LogP contribution in [0.5, 0.6) is 0 Å². The third kappa shape index (κ3) is 15.3. The van der Waals surface area contributed by atoms with Crippen LogP contribution in [0.4, 0.5) is 4.70 Å². The SMILES string of the molecule is F.[O-2].[O-2].[Zr+4]. The van der Waals surface area contributed by atoms with Gasteiger partial charge in [0.15, 0.2) is 0 Å². The molecule has 0 N–H and O–H groups in total. The van der Waals surface area contributed by atoms with Crippen LogP contribution in [0.25, 0.3) is 0 Å². The predicted octanol–water partition coefficient (Wildman–Crippen LogP) is -0.0876. The summed E-state index contributed by atoms with van der Waals surface area (Å²) in [5, 5.41) is 0. The van der Waals surface area contributed by atoms with E-state index in [-0.39, 0.29) is 41.9 Å². The maximum absolute atomic E-state index is 0. The largest absolute Gasteiger partial charge is 4.00 e. The minimum atomic E-state index is 0. The molecule has 0 aliphatic heterocycles. The van der Waals surface area contributed by atoms with E-state index in [2.05, 4.69) is 0 Å². The van der Waals surface area contributed by atoms with Gasteiger partial charge in [0.25, 0.3) is 0 Å². The second-order valence-corrected chi connectivity index (χ2v) is 0. The Balaban J connectivity index is 0. The summed E-state index contributed by atoms with van der Waals surface area (Å²) in [6, 6.07) is 0. The summed E-state index contributed by atoms with van der Waals surface area (Å²) >= 11 is 0. The number of hydrogen-bond donors (Lipinski definition) is 0. The summed E-state index contributed by atoms with van der Waals surface area (Å²) in [6.07, 6.45) is 0. The first-order chi connectivity index (χ1) is 0. The van der Waals surface area contributed by atoms with Crippen LogP contribution in [0.1, 0.15) is 0 Å². The van der Waals surface area contributed by atoms with Crippen molar-refractivity contribution in [3.63, 3.8) is 0 Å². The molecule has 0 aromatic heterocycles. The molecule has 0 spiro atoms. The van der Waals surface area contributed by atoms with Gasteiger partial charge in [-0.05, 0) is 0 Å². The quantitative estimate of drug-likeness (QED) is 0.455. The van der Waals surface area contributed by atoms with E-state index >= 15 is 0 Å². The molecular formula is HFO2Zr. The zero-order valence-electron chi connectivity index (χ0n) is 1.72. The van der Waals surface area contributed by atoms with Crippen LogP contribution in [0.15, 0.2) is 0 Å². The van der Waals surface area contributed by atoms with Crippen molar-refractivity contribution >= 4 is 0 Å². The van der Waals surface area contributed by atoms with Crippen molar-refractivity contribution < 1.29 is 41.9 Å². The van der Waals surface area contributed by atoms with Crippen molar-refractivity contribution in [2.45, 2.75) is 0 Å². The van der Waals surface area contributed by atoms with Crippen molar-refractivity contribution in [1.29, 1.82) is 0 Å². The van der Waals surface area contributed by atoms with E-state index in [4.69, 9.17) is 0 Å². The van der Waals surface area contributed by atoms with Crippen molar-refractivity contribution in [2.24, 2.45) is 0 Å². The second-order valence-electron chi connectivity index (χ2n) is 0. The molecule has 0 radical (unpaired) electrons. The smallest absolute Gasteiger partial charge is 2.00 e. The van der Waals surface area contributed by atoms with Crippen LogP contribution in [0, 0.1) is 0 Å². The zero-order valence-corrected chi connectivity index (χ0v) is 4.18. The molecule has 0 unspecified atom stereocenters. The molecule has 0 fully saturated rings. The van der Waals surface area contributed by atoms with E-state index in [1.54, 1.807) is 0 Å². The third-order valence-corrected chi connectivity index (χ3v) is 0. The minimum absolute atomic E-state index is 0. The van der Waals surface area contributed by atoms with E-state index in [9.17, 15) is 0 Å². The van der Waals surface area contributed by atoms with Gasteiger partial charge in [-0.25, -0.2) is 0 Å². The predicted molar refractivity (Wildman–Crippen MR) is 3.88 cm³/mol. The Bertz CT molecular complexity index is 6.00. The minimum Gasteiger partial charge on any atom is -2.00 e. The van der Waals surface area contributed by atoms with Gasteiger partial charge < -0.3 is 11.0 Å². The van der Waals surface area contributed by atoms with Gasteiger partial charge in [-0.1, -0.05) is 0 Å². The Hall–Kier alpha value is 0.733. The van der Waals surface area contributed by atoms with E-state index in [0.717, 1.165) is 0 Å². The van der Waals surface area contributed by atoms with E-state index in [0.29, 0.717) is 0 Å². The first kappa shape index (κ1) is 123. The fraction of sp³-hybridized carbons (Fsp3) is 0. The van der Waals surface area contributed by atoms with Gasteiger partial charge in [0, 0.05) is 0 Å². The molecule has 2 nitrogen and oxygen atoms in total. The second kappa shape index (κ2) is 51.9. The molecule has 24 valence electrons. The monoisotopic (exact) mass is 142 g/mol. The molecule has 0 saturated carbocycles. The van der Waals surface area contributed by atoms with Crippen LogP contribution in [-0.2, 0) is 37.2 Å². The Kier molecular flexibility index (Phi) is 1590.